The lowest BCUT2D eigenvalue weighted by molar-refractivity contribution is 0.0714. The van der Waals surface area contributed by atoms with Crippen molar-refractivity contribution in [1.29, 1.82) is 0 Å². The first-order chi connectivity index (χ1) is 11.1. The standard InChI is InChI=1S/C17H18BrN3O2/c18-13-2-4-15(5-3-13)23-16-6-1-12(11-20-16)17(22)21-9-7-14(19)8-10-21/h1-6,11,14H,7-10,19H2. The normalized spacial score (nSPS) is 15.5. The Balaban J connectivity index is 1.64. The molecule has 23 heavy (non-hydrogen) atoms. The Hall–Kier alpha value is -1.92. The summed E-state index contributed by atoms with van der Waals surface area (Å²) in [7, 11) is 0. The van der Waals surface area contributed by atoms with Gasteiger partial charge in [-0.3, -0.25) is 4.79 Å². The molecule has 2 heterocycles. The molecule has 120 valence electrons. The highest BCUT2D eigenvalue weighted by atomic mass is 79.9. The smallest absolute Gasteiger partial charge is 0.255 e. The average Bonchev–Trinajstić information content (AvgIpc) is 2.58. The minimum atomic E-state index is -0.000378. The molecule has 0 unspecified atom stereocenters. The van der Waals surface area contributed by atoms with Crippen molar-refractivity contribution < 1.29 is 9.53 Å². The number of likely N-dealkylation sites (tertiary alicyclic amines) is 1. The van der Waals surface area contributed by atoms with Crippen LogP contribution >= 0.6 is 15.9 Å². The molecule has 3 rings (SSSR count). The van der Waals surface area contributed by atoms with Crippen LogP contribution in [0.5, 0.6) is 11.6 Å². The van der Waals surface area contributed by atoms with Crippen molar-refractivity contribution in [3.05, 3.63) is 52.6 Å². The van der Waals surface area contributed by atoms with E-state index in [-0.39, 0.29) is 11.9 Å². The van der Waals surface area contributed by atoms with Gasteiger partial charge in [0.25, 0.3) is 5.91 Å². The minimum absolute atomic E-state index is 0.000378. The number of halogens is 1. The van der Waals surface area contributed by atoms with Crippen LogP contribution in [-0.2, 0) is 0 Å². The van der Waals surface area contributed by atoms with Crippen LogP contribution < -0.4 is 10.5 Å². The van der Waals surface area contributed by atoms with Gasteiger partial charge in [-0.15, -0.1) is 0 Å². The number of benzene rings is 1. The maximum Gasteiger partial charge on any atom is 0.255 e. The third-order valence-electron chi connectivity index (χ3n) is 3.85. The fourth-order valence-corrected chi connectivity index (χ4v) is 2.74. The average molecular weight is 376 g/mol. The van der Waals surface area contributed by atoms with E-state index in [1.54, 1.807) is 18.3 Å². The zero-order valence-corrected chi connectivity index (χ0v) is 14.2. The molecule has 2 aromatic rings. The topological polar surface area (TPSA) is 68.5 Å². The van der Waals surface area contributed by atoms with E-state index in [1.165, 1.54) is 0 Å². The maximum atomic E-state index is 12.4. The summed E-state index contributed by atoms with van der Waals surface area (Å²) in [5.74, 6) is 1.16. The summed E-state index contributed by atoms with van der Waals surface area (Å²) in [5, 5.41) is 0. The fourth-order valence-electron chi connectivity index (χ4n) is 2.48. The Kier molecular flexibility index (Phi) is 4.93. The number of nitrogens with zero attached hydrogens (tertiary/aromatic N) is 2. The van der Waals surface area contributed by atoms with Gasteiger partial charge < -0.3 is 15.4 Å². The molecule has 1 fully saturated rings. The molecule has 1 aliphatic heterocycles. The van der Waals surface area contributed by atoms with Crippen molar-refractivity contribution in [3.8, 4) is 11.6 Å². The van der Waals surface area contributed by atoms with E-state index in [9.17, 15) is 4.79 Å². The zero-order valence-electron chi connectivity index (χ0n) is 12.6. The second-order valence-corrected chi connectivity index (χ2v) is 6.49. The summed E-state index contributed by atoms with van der Waals surface area (Å²) >= 11 is 3.38. The van der Waals surface area contributed by atoms with Crippen LogP contribution in [0.4, 0.5) is 0 Å². The molecule has 0 radical (unpaired) electrons. The van der Waals surface area contributed by atoms with Gasteiger partial charge in [-0.05, 0) is 43.2 Å². The SMILES string of the molecule is NC1CCN(C(=O)c2ccc(Oc3ccc(Br)cc3)nc2)CC1. The van der Waals surface area contributed by atoms with E-state index < -0.39 is 0 Å². The predicted octanol–water partition coefficient (Wildman–Crippen LogP) is 3.20. The Morgan fingerprint density at radius 2 is 1.87 bits per heavy atom. The third kappa shape index (κ3) is 4.09. The van der Waals surface area contributed by atoms with Crippen molar-refractivity contribution in [2.75, 3.05) is 13.1 Å². The number of rotatable bonds is 3. The Morgan fingerprint density at radius 3 is 2.48 bits per heavy atom. The molecule has 5 nitrogen and oxygen atoms in total. The van der Waals surface area contributed by atoms with Crippen molar-refractivity contribution in [2.24, 2.45) is 5.73 Å². The molecule has 0 spiro atoms. The minimum Gasteiger partial charge on any atom is -0.439 e. The highest BCUT2D eigenvalue weighted by molar-refractivity contribution is 9.10. The highest BCUT2D eigenvalue weighted by Crippen LogP contribution is 2.22. The van der Waals surface area contributed by atoms with Crippen LogP contribution in [0.2, 0.25) is 0 Å². The predicted molar refractivity (Wildman–Crippen MR) is 91.6 cm³/mol. The first-order valence-corrected chi connectivity index (χ1v) is 8.35. The van der Waals surface area contributed by atoms with Crippen molar-refractivity contribution >= 4 is 21.8 Å². The molecule has 1 saturated heterocycles. The fraction of sp³-hybridized carbons (Fsp3) is 0.294. The molecule has 1 aromatic carbocycles. The molecule has 1 aromatic heterocycles. The van der Waals surface area contributed by atoms with Gasteiger partial charge in [0.2, 0.25) is 5.88 Å². The summed E-state index contributed by atoms with van der Waals surface area (Å²) in [6.07, 6.45) is 3.26. The summed E-state index contributed by atoms with van der Waals surface area (Å²) in [5.41, 5.74) is 6.44. The number of carbonyl (C=O) groups excluding carboxylic acids is 1. The number of pyridine rings is 1. The molecular weight excluding hydrogens is 358 g/mol. The van der Waals surface area contributed by atoms with Gasteiger partial charge in [0.15, 0.2) is 0 Å². The lowest BCUT2D eigenvalue weighted by Gasteiger charge is -2.30. The van der Waals surface area contributed by atoms with Crippen LogP contribution in [0.1, 0.15) is 23.2 Å². The number of ether oxygens (including phenoxy) is 1. The quantitative estimate of drug-likeness (QED) is 0.893. The van der Waals surface area contributed by atoms with E-state index in [4.69, 9.17) is 10.5 Å². The largest absolute Gasteiger partial charge is 0.439 e. The van der Waals surface area contributed by atoms with Crippen molar-refractivity contribution in [1.82, 2.24) is 9.88 Å². The summed E-state index contributed by atoms with van der Waals surface area (Å²) in [6.45, 7) is 1.41. The second-order valence-electron chi connectivity index (χ2n) is 5.57. The molecule has 0 atom stereocenters. The summed E-state index contributed by atoms with van der Waals surface area (Å²) in [6, 6.07) is 11.2. The highest BCUT2D eigenvalue weighted by Gasteiger charge is 2.21. The first kappa shape index (κ1) is 16.0. The zero-order chi connectivity index (χ0) is 16.2. The monoisotopic (exact) mass is 375 g/mol. The van der Waals surface area contributed by atoms with E-state index >= 15 is 0 Å². The van der Waals surface area contributed by atoms with E-state index in [0.29, 0.717) is 30.3 Å². The lowest BCUT2D eigenvalue weighted by atomic mass is 10.1. The lowest BCUT2D eigenvalue weighted by Crippen LogP contribution is -2.42. The number of aromatic nitrogens is 1. The van der Waals surface area contributed by atoms with Crippen LogP contribution in [0.25, 0.3) is 0 Å². The van der Waals surface area contributed by atoms with Gasteiger partial charge in [-0.2, -0.15) is 0 Å². The van der Waals surface area contributed by atoms with Crippen LogP contribution in [0.15, 0.2) is 47.1 Å². The molecule has 2 N–H and O–H groups in total. The second kappa shape index (κ2) is 7.10. The van der Waals surface area contributed by atoms with E-state index in [2.05, 4.69) is 20.9 Å². The molecule has 1 amide bonds. The van der Waals surface area contributed by atoms with Crippen LogP contribution in [-0.4, -0.2) is 34.9 Å². The number of nitrogens with two attached hydrogens (primary N) is 1. The third-order valence-corrected chi connectivity index (χ3v) is 4.37. The molecule has 0 saturated carbocycles. The molecule has 6 heteroatoms. The van der Waals surface area contributed by atoms with Gasteiger partial charge in [0, 0.05) is 35.9 Å². The number of piperidine rings is 1. The van der Waals surface area contributed by atoms with Gasteiger partial charge >= 0.3 is 0 Å². The van der Waals surface area contributed by atoms with Crippen molar-refractivity contribution in [2.45, 2.75) is 18.9 Å². The van der Waals surface area contributed by atoms with Gasteiger partial charge in [-0.1, -0.05) is 15.9 Å². The number of hydrogen-bond acceptors (Lipinski definition) is 4. The van der Waals surface area contributed by atoms with E-state index in [0.717, 1.165) is 17.3 Å². The number of amides is 1. The van der Waals surface area contributed by atoms with Gasteiger partial charge in [0.05, 0.1) is 5.56 Å². The Labute approximate surface area is 143 Å². The van der Waals surface area contributed by atoms with Crippen molar-refractivity contribution in [3.63, 3.8) is 0 Å². The number of carbonyl (C=O) groups is 1. The molecule has 1 aliphatic rings. The molecule has 0 aliphatic carbocycles. The summed E-state index contributed by atoms with van der Waals surface area (Å²) < 4.78 is 6.64. The number of hydrogen-bond donors (Lipinski definition) is 1. The Morgan fingerprint density at radius 1 is 1.17 bits per heavy atom. The maximum absolute atomic E-state index is 12.4. The molecular formula is C17H18BrN3O2. The van der Waals surface area contributed by atoms with Crippen LogP contribution in [0.3, 0.4) is 0 Å². The van der Waals surface area contributed by atoms with Gasteiger partial charge in [-0.25, -0.2) is 4.98 Å². The Bertz CT molecular complexity index is 665. The van der Waals surface area contributed by atoms with Gasteiger partial charge in [0.1, 0.15) is 5.75 Å². The van der Waals surface area contributed by atoms with E-state index in [1.807, 2.05) is 29.2 Å². The first-order valence-electron chi connectivity index (χ1n) is 7.56. The summed E-state index contributed by atoms with van der Waals surface area (Å²) in [4.78, 5) is 18.5. The molecule has 0 bridgehead atoms. The van der Waals surface area contributed by atoms with Crippen LogP contribution in [0, 0.1) is 0 Å².